The van der Waals surface area contributed by atoms with Crippen LogP contribution in [0.5, 0.6) is 0 Å². The minimum Gasteiger partial charge on any atom is -0.490 e. The maximum Gasteiger partial charge on any atom is 0.157 e. The lowest BCUT2D eigenvalue weighted by atomic mass is 9.88. The molecule has 1 aliphatic heterocycles. The second-order valence-electron chi connectivity index (χ2n) is 3.78. The third kappa shape index (κ3) is 2.07. The molecule has 0 radical (unpaired) electrons. The Morgan fingerprint density at radius 1 is 1.45 bits per heavy atom. The van der Waals surface area contributed by atoms with Gasteiger partial charge in [0.1, 0.15) is 12.4 Å². The molecule has 0 bridgehead atoms. The number of rotatable bonds is 0. The molecule has 1 nitrogen and oxygen atoms in total. The highest BCUT2D eigenvalue weighted by molar-refractivity contribution is 5.15. The quantitative estimate of drug-likeness (QED) is 0.524. The lowest BCUT2D eigenvalue weighted by molar-refractivity contribution is 0.0778. The highest BCUT2D eigenvalue weighted by Gasteiger charge is 2.24. The van der Waals surface area contributed by atoms with E-state index in [1.54, 1.807) is 6.08 Å². The number of allylic oxidation sites excluding steroid dienone is 2. The minimum absolute atomic E-state index is 0.0120. The normalized spacial score (nSPS) is 24.4. The fourth-order valence-corrected chi connectivity index (χ4v) is 0.895. The van der Waals surface area contributed by atoms with Crippen LogP contribution in [0.3, 0.4) is 0 Å². The molecule has 1 unspecified atom stereocenters. The van der Waals surface area contributed by atoms with E-state index in [1.807, 2.05) is 0 Å². The monoisotopic (exact) mass is 156 g/mol. The Morgan fingerprint density at radius 3 is 2.45 bits per heavy atom. The Labute approximate surface area is 66.6 Å². The van der Waals surface area contributed by atoms with Gasteiger partial charge in [-0.15, -0.1) is 0 Å². The van der Waals surface area contributed by atoms with Crippen LogP contribution in [0.1, 0.15) is 20.8 Å². The Kier molecular flexibility index (Phi) is 2.03. The second-order valence-corrected chi connectivity index (χ2v) is 3.78. The molecule has 0 aliphatic carbocycles. The first-order valence-electron chi connectivity index (χ1n) is 3.69. The van der Waals surface area contributed by atoms with E-state index in [4.69, 9.17) is 4.74 Å². The van der Waals surface area contributed by atoms with Crippen molar-refractivity contribution in [2.24, 2.45) is 5.41 Å². The highest BCUT2D eigenvalue weighted by Crippen LogP contribution is 2.26. The number of hydrogen-bond acceptors (Lipinski definition) is 1. The molecule has 2 heteroatoms. The van der Waals surface area contributed by atoms with Crippen molar-refractivity contribution in [1.82, 2.24) is 0 Å². The first-order chi connectivity index (χ1) is 5.00. The molecule has 0 saturated carbocycles. The topological polar surface area (TPSA) is 9.23 Å². The maximum absolute atomic E-state index is 12.4. The molecule has 1 heterocycles. The van der Waals surface area contributed by atoms with Gasteiger partial charge in [-0.2, -0.15) is 0 Å². The van der Waals surface area contributed by atoms with Crippen LogP contribution in [0.4, 0.5) is 4.39 Å². The first kappa shape index (κ1) is 8.31. The smallest absolute Gasteiger partial charge is 0.157 e. The SMILES string of the molecule is CC(C)(C)C1C=CC(F)=CO1. The average Bonchev–Trinajstić information content (AvgIpc) is 1.86. The van der Waals surface area contributed by atoms with E-state index < -0.39 is 0 Å². The molecule has 0 amide bonds. The van der Waals surface area contributed by atoms with Crippen LogP contribution < -0.4 is 0 Å². The third-order valence-corrected chi connectivity index (χ3v) is 1.61. The van der Waals surface area contributed by atoms with Gasteiger partial charge in [0.2, 0.25) is 0 Å². The van der Waals surface area contributed by atoms with Crippen molar-refractivity contribution >= 4 is 0 Å². The van der Waals surface area contributed by atoms with Crippen LogP contribution in [-0.2, 0) is 4.74 Å². The van der Waals surface area contributed by atoms with E-state index in [9.17, 15) is 4.39 Å². The fraction of sp³-hybridized carbons (Fsp3) is 0.556. The summed E-state index contributed by atoms with van der Waals surface area (Å²) in [5.74, 6) is -0.314. The predicted molar refractivity (Wildman–Crippen MR) is 42.7 cm³/mol. The van der Waals surface area contributed by atoms with Crippen molar-refractivity contribution < 1.29 is 9.13 Å². The summed E-state index contributed by atoms with van der Waals surface area (Å²) >= 11 is 0. The molecule has 1 rings (SSSR count). The van der Waals surface area contributed by atoms with Gasteiger partial charge in [0, 0.05) is 5.41 Å². The summed E-state index contributed by atoms with van der Waals surface area (Å²) in [7, 11) is 0. The van der Waals surface area contributed by atoms with Crippen molar-refractivity contribution in [2.45, 2.75) is 26.9 Å². The summed E-state index contributed by atoms with van der Waals surface area (Å²) in [4.78, 5) is 0. The molecule has 62 valence electrons. The van der Waals surface area contributed by atoms with Crippen molar-refractivity contribution in [3.63, 3.8) is 0 Å². The molecular weight excluding hydrogens is 143 g/mol. The van der Waals surface area contributed by atoms with Gasteiger partial charge in [-0.1, -0.05) is 20.8 Å². The van der Waals surface area contributed by atoms with E-state index in [2.05, 4.69) is 20.8 Å². The van der Waals surface area contributed by atoms with E-state index in [0.29, 0.717) is 0 Å². The molecule has 0 N–H and O–H groups in total. The number of halogens is 1. The summed E-state index contributed by atoms with van der Waals surface area (Å²) in [6.45, 7) is 6.16. The van der Waals surface area contributed by atoms with Gasteiger partial charge in [0.25, 0.3) is 0 Å². The minimum atomic E-state index is -0.314. The van der Waals surface area contributed by atoms with E-state index in [0.717, 1.165) is 6.26 Å². The second kappa shape index (κ2) is 2.68. The van der Waals surface area contributed by atoms with Crippen LogP contribution in [0.2, 0.25) is 0 Å². The van der Waals surface area contributed by atoms with E-state index in [1.165, 1.54) is 6.08 Å². The van der Waals surface area contributed by atoms with Crippen LogP contribution >= 0.6 is 0 Å². The summed E-state index contributed by atoms with van der Waals surface area (Å²) in [6.07, 6.45) is 4.34. The van der Waals surface area contributed by atoms with Gasteiger partial charge in [0.05, 0.1) is 0 Å². The summed E-state index contributed by atoms with van der Waals surface area (Å²) in [5, 5.41) is 0. The largest absolute Gasteiger partial charge is 0.490 e. The Morgan fingerprint density at radius 2 is 2.09 bits per heavy atom. The van der Waals surface area contributed by atoms with Gasteiger partial charge in [-0.25, -0.2) is 4.39 Å². The molecule has 0 aromatic carbocycles. The van der Waals surface area contributed by atoms with Crippen LogP contribution in [0, 0.1) is 5.41 Å². The standard InChI is InChI=1S/C9H13FO/c1-9(2,3)8-5-4-7(10)6-11-8/h4-6,8H,1-3H3. The predicted octanol–water partition coefficient (Wildman–Crippen LogP) is 2.80. The lowest BCUT2D eigenvalue weighted by Crippen LogP contribution is -2.26. The molecule has 11 heavy (non-hydrogen) atoms. The van der Waals surface area contributed by atoms with Crippen molar-refractivity contribution in [1.29, 1.82) is 0 Å². The van der Waals surface area contributed by atoms with Gasteiger partial charge in [-0.05, 0) is 12.2 Å². The third-order valence-electron chi connectivity index (χ3n) is 1.61. The average molecular weight is 156 g/mol. The number of hydrogen-bond donors (Lipinski definition) is 0. The van der Waals surface area contributed by atoms with Gasteiger partial charge in [-0.3, -0.25) is 0 Å². The van der Waals surface area contributed by atoms with Gasteiger partial charge < -0.3 is 4.74 Å². The van der Waals surface area contributed by atoms with Gasteiger partial charge >= 0.3 is 0 Å². The fourth-order valence-electron chi connectivity index (χ4n) is 0.895. The number of ether oxygens (including phenoxy) is 1. The molecule has 0 fully saturated rings. The zero-order chi connectivity index (χ0) is 8.48. The molecule has 0 aromatic rings. The molecule has 1 aliphatic rings. The van der Waals surface area contributed by atoms with Crippen LogP contribution in [-0.4, -0.2) is 6.10 Å². The van der Waals surface area contributed by atoms with Crippen molar-refractivity contribution in [3.8, 4) is 0 Å². The van der Waals surface area contributed by atoms with Crippen LogP contribution in [0.15, 0.2) is 24.2 Å². The summed E-state index contributed by atoms with van der Waals surface area (Å²) < 4.78 is 17.5. The molecule has 0 spiro atoms. The van der Waals surface area contributed by atoms with Gasteiger partial charge in [0.15, 0.2) is 5.83 Å². The zero-order valence-electron chi connectivity index (χ0n) is 7.10. The van der Waals surface area contributed by atoms with Crippen LogP contribution in [0.25, 0.3) is 0 Å². The Bertz CT molecular complexity index is 198. The van der Waals surface area contributed by atoms with Crippen molar-refractivity contribution in [3.05, 3.63) is 24.2 Å². The summed E-state index contributed by atoms with van der Waals surface area (Å²) in [6, 6.07) is 0. The Hall–Kier alpha value is -0.790. The van der Waals surface area contributed by atoms with E-state index >= 15 is 0 Å². The van der Waals surface area contributed by atoms with Crippen molar-refractivity contribution in [2.75, 3.05) is 0 Å². The first-order valence-corrected chi connectivity index (χ1v) is 3.69. The molecule has 0 aromatic heterocycles. The molecule has 0 saturated heterocycles. The highest BCUT2D eigenvalue weighted by atomic mass is 19.1. The Balaban J connectivity index is 2.63. The maximum atomic E-state index is 12.4. The molecule has 1 atom stereocenters. The zero-order valence-corrected chi connectivity index (χ0v) is 7.10. The van der Waals surface area contributed by atoms with E-state index in [-0.39, 0.29) is 17.3 Å². The lowest BCUT2D eigenvalue weighted by Gasteiger charge is -2.28. The summed E-state index contributed by atoms with van der Waals surface area (Å²) in [5.41, 5.74) is 0.0354. The molecular formula is C9H13FO.